The van der Waals surface area contributed by atoms with Crippen LogP contribution in [0.25, 0.3) is 32.9 Å². The number of anilines is 1. The first kappa shape index (κ1) is 49.9. The molecule has 14 nitrogen and oxygen atoms in total. The van der Waals surface area contributed by atoms with Gasteiger partial charge in [-0.05, 0) is 83.3 Å². The van der Waals surface area contributed by atoms with Gasteiger partial charge in [-0.25, -0.2) is 14.6 Å². The molecule has 0 bridgehead atoms. The van der Waals surface area contributed by atoms with Gasteiger partial charge in [0.1, 0.15) is 17.9 Å². The Morgan fingerprint density at radius 2 is 1.33 bits per heavy atom. The van der Waals surface area contributed by atoms with E-state index in [0.29, 0.717) is 31.0 Å². The fraction of sp³-hybridized carbons (Fsp3) is 0.450. The Kier molecular flexibility index (Phi) is 18.6. The zero-order valence-electron chi connectivity index (χ0n) is 33.6. The highest BCUT2D eigenvalue weighted by atomic mass is 32.1. The number of amides is 5. The fourth-order valence-electron chi connectivity index (χ4n) is 7.38. The third kappa shape index (κ3) is 11.1. The highest BCUT2D eigenvalue weighted by Gasteiger charge is 2.38. The number of fused-ring (bicyclic) bond motifs is 2. The molecule has 1 aromatic heterocycles. The summed E-state index contributed by atoms with van der Waals surface area (Å²) in [5.74, 6) is -0.439. The molecule has 0 aliphatic carbocycles. The number of aromatic nitrogens is 2. The monoisotopic (exact) mass is 875 g/mol. The normalized spacial score (nSPS) is 17.0. The molecular formula is C40H57N7O7S4. The van der Waals surface area contributed by atoms with E-state index >= 15 is 0 Å². The van der Waals surface area contributed by atoms with Gasteiger partial charge in [0, 0.05) is 25.3 Å². The number of nitrogens with zero attached hydrogens (tertiary/aromatic N) is 3. The number of likely N-dealkylation sites (tertiary alicyclic amines) is 2. The number of ether oxygens (including phenoxy) is 2. The summed E-state index contributed by atoms with van der Waals surface area (Å²) >= 11 is 0. The molecule has 0 saturated carbocycles. The van der Waals surface area contributed by atoms with Gasteiger partial charge in [-0.2, -0.15) is 54.0 Å². The lowest BCUT2D eigenvalue weighted by Crippen LogP contribution is -2.51. The molecular weight excluding hydrogens is 819 g/mol. The largest absolute Gasteiger partial charge is 0.453 e. The van der Waals surface area contributed by atoms with Crippen molar-refractivity contribution in [3.8, 4) is 11.1 Å². The highest BCUT2D eigenvalue weighted by molar-refractivity contribution is 7.59. The van der Waals surface area contributed by atoms with E-state index in [1.54, 1.807) is 9.80 Å². The van der Waals surface area contributed by atoms with Gasteiger partial charge in [0.2, 0.25) is 17.7 Å². The summed E-state index contributed by atoms with van der Waals surface area (Å²) in [5, 5.41) is 10.3. The van der Waals surface area contributed by atoms with Crippen LogP contribution in [0.1, 0.15) is 58.8 Å². The second kappa shape index (κ2) is 21.7. The van der Waals surface area contributed by atoms with Gasteiger partial charge < -0.3 is 40.2 Å². The van der Waals surface area contributed by atoms with Crippen molar-refractivity contribution in [2.24, 2.45) is 17.8 Å². The second-order valence-electron chi connectivity index (χ2n) is 14.8. The summed E-state index contributed by atoms with van der Waals surface area (Å²) in [7, 11) is 2.54. The summed E-state index contributed by atoms with van der Waals surface area (Å²) < 4.78 is 9.44. The second-order valence-corrected chi connectivity index (χ2v) is 14.8. The molecule has 2 saturated heterocycles. The number of H-pyrrole nitrogens is 1. The molecule has 318 valence electrons. The van der Waals surface area contributed by atoms with E-state index < -0.39 is 24.3 Å². The molecule has 2 fully saturated rings. The summed E-state index contributed by atoms with van der Waals surface area (Å²) in [4.78, 5) is 75.5. The van der Waals surface area contributed by atoms with Gasteiger partial charge in [-0.15, -0.1) is 0 Å². The van der Waals surface area contributed by atoms with Crippen molar-refractivity contribution in [2.45, 2.75) is 65.1 Å². The van der Waals surface area contributed by atoms with Crippen molar-refractivity contribution < 1.29 is 33.4 Å². The molecule has 0 radical (unpaired) electrons. The fourth-order valence-corrected chi connectivity index (χ4v) is 7.38. The molecule has 4 atom stereocenters. The Balaban J connectivity index is 0.00000290. The van der Waals surface area contributed by atoms with Crippen LogP contribution in [-0.4, -0.2) is 95.6 Å². The number of alkyl carbamates (subject to hydrolysis) is 2. The van der Waals surface area contributed by atoms with Crippen molar-refractivity contribution in [3.63, 3.8) is 0 Å². The predicted octanol–water partition coefficient (Wildman–Crippen LogP) is 6.05. The van der Waals surface area contributed by atoms with Crippen LogP contribution in [-0.2, 0) is 23.9 Å². The quantitative estimate of drug-likeness (QED) is 0.149. The average molecular weight is 876 g/mol. The van der Waals surface area contributed by atoms with Crippen LogP contribution in [0.15, 0.2) is 54.6 Å². The van der Waals surface area contributed by atoms with E-state index in [-0.39, 0.29) is 102 Å². The smallest absolute Gasteiger partial charge is 0.407 e. The minimum absolute atomic E-state index is 0. The Hall–Kier alpha value is -4.26. The minimum atomic E-state index is -0.731. The summed E-state index contributed by atoms with van der Waals surface area (Å²) in [6.45, 7) is 8.78. The number of rotatable bonds is 10. The van der Waals surface area contributed by atoms with Crippen LogP contribution >= 0.6 is 54.0 Å². The van der Waals surface area contributed by atoms with E-state index in [4.69, 9.17) is 9.72 Å². The molecule has 3 heterocycles. The first-order chi connectivity index (χ1) is 25.9. The molecule has 18 heteroatoms. The van der Waals surface area contributed by atoms with Gasteiger partial charge >= 0.3 is 12.2 Å². The number of aromatic amines is 1. The molecule has 2 aliphatic heterocycles. The van der Waals surface area contributed by atoms with E-state index in [9.17, 15) is 24.0 Å². The van der Waals surface area contributed by atoms with E-state index in [0.717, 1.165) is 45.8 Å². The van der Waals surface area contributed by atoms with Crippen LogP contribution in [0.2, 0.25) is 0 Å². The standard InChI is InChI=1S/C40H49N7O7.4H2S/c1-22(2)33(44-39(51)53-5)37(49)46-17-15-28(21-46)36(48)41-29-13-11-25-18-24(9-10-26(25)19-29)27-12-14-30-31(20-27)43-35(42-30)32-8-7-16-47(32)38(50)34(23(3)4)45-40(52)54-6;;;;/h9-14,18-20,22-23,28,32-34H,7-8,15-17,21H2,1-6H3,(H,41,48)(H,42,43)(H,44,51)(H,45,52);4*1H2/t28-,32-,33-,34-;;;;/m0..../s1. The summed E-state index contributed by atoms with van der Waals surface area (Å²) in [6.07, 6.45) is 0.834. The maximum absolute atomic E-state index is 13.6. The van der Waals surface area contributed by atoms with Crippen LogP contribution in [0.5, 0.6) is 0 Å². The van der Waals surface area contributed by atoms with Crippen molar-refractivity contribution in [1.82, 2.24) is 30.4 Å². The third-order valence-corrected chi connectivity index (χ3v) is 10.4. The molecule has 58 heavy (non-hydrogen) atoms. The van der Waals surface area contributed by atoms with E-state index in [2.05, 4.69) is 37.8 Å². The van der Waals surface area contributed by atoms with Crippen LogP contribution in [0.3, 0.4) is 0 Å². The summed E-state index contributed by atoms with van der Waals surface area (Å²) in [6, 6.07) is 16.3. The van der Waals surface area contributed by atoms with Crippen LogP contribution in [0, 0.1) is 17.8 Å². The minimum Gasteiger partial charge on any atom is -0.453 e. The third-order valence-electron chi connectivity index (χ3n) is 10.4. The maximum atomic E-state index is 13.6. The zero-order chi connectivity index (χ0) is 38.7. The predicted molar refractivity (Wildman–Crippen MR) is 246 cm³/mol. The van der Waals surface area contributed by atoms with Gasteiger partial charge in [0.15, 0.2) is 0 Å². The maximum Gasteiger partial charge on any atom is 0.407 e. The summed E-state index contributed by atoms with van der Waals surface area (Å²) in [5.41, 5.74) is 4.35. The van der Waals surface area contributed by atoms with Gasteiger partial charge in [-0.3, -0.25) is 14.4 Å². The number of hydrogen-bond donors (Lipinski definition) is 4. The van der Waals surface area contributed by atoms with E-state index in [1.165, 1.54) is 14.2 Å². The Bertz CT molecular complexity index is 2080. The first-order valence-electron chi connectivity index (χ1n) is 18.5. The number of carbonyl (C=O) groups excluding carboxylic acids is 5. The number of hydrogen-bond acceptors (Lipinski definition) is 8. The zero-order valence-corrected chi connectivity index (χ0v) is 37.6. The van der Waals surface area contributed by atoms with Crippen molar-refractivity contribution in [2.75, 3.05) is 39.2 Å². The number of methoxy groups -OCH3 is 2. The van der Waals surface area contributed by atoms with Gasteiger partial charge in [0.05, 0.1) is 37.2 Å². The number of imidazole rings is 1. The number of carbonyl (C=O) groups is 5. The van der Waals surface area contributed by atoms with Crippen molar-refractivity contribution in [3.05, 3.63) is 60.4 Å². The first-order valence-corrected chi connectivity index (χ1v) is 18.5. The number of benzene rings is 3. The number of nitrogens with one attached hydrogen (secondary N) is 4. The average Bonchev–Trinajstić information content (AvgIpc) is 3.94. The lowest BCUT2D eigenvalue weighted by Gasteiger charge is -2.29. The molecule has 4 N–H and O–H groups in total. The van der Waals surface area contributed by atoms with Crippen LogP contribution in [0.4, 0.5) is 15.3 Å². The van der Waals surface area contributed by atoms with Crippen LogP contribution < -0.4 is 16.0 Å². The molecule has 4 aromatic rings. The Morgan fingerprint density at radius 1 is 0.741 bits per heavy atom. The molecule has 0 unspecified atom stereocenters. The van der Waals surface area contributed by atoms with Crippen molar-refractivity contribution in [1.29, 1.82) is 0 Å². The van der Waals surface area contributed by atoms with Gasteiger partial charge in [0.25, 0.3) is 0 Å². The topological polar surface area (TPSA) is 175 Å². The highest BCUT2D eigenvalue weighted by Crippen LogP contribution is 2.34. The Morgan fingerprint density at radius 3 is 1.97 bits per heavy atom. The van der Waals surface area contributed by atoms with E-state index in [1.807, 2.05) is 70.2 Å². The molecule has 3 aromatic carbocycles. The Labute approximate surface area is 367 Å². The molecule has 5 amide bonds. The van der Waals surface area contributed by atoms with Gasteiger partial charge in [-0.1, -0.05) is 52.0 Å². The molecule has 0 spiro atoms. The SMILES string of the molecule is COC(=O)N[C@H](C(=O)N1CC[C@H](C(=O)Nc2ccc3cc(-c4ccc5nc([C@@H]6CCCN6C(=O)[C@@H](NC(=O)OC)C(C)C)[nH]c5c4)ccc3c2)C1)C(C)C.S.S.S.S. The van der Waals surface area contributed by atoms with Crippen molar-refractivity contribution >= 4 is 111 Å². The molecule has 2 aliphatic rings. The lowest BCUT2D eigenvalue weighted by molar-refractivity contribution is -0.135. The molecule has 6 rings (SSSR count). The lowest BCUT2D eigenvalue weighted by atomic mass is 10.0.